The van der Waals surface area contributed by atoms with Gasteiger partial charge in [-0.05, 0) is 50.5 Å². The molecule has 1 aromatic carbocycles. The van der Waals surface area contributed by atoms with Crippen LogP contribution in [0.3, 0.4) is 0 Å². The lowest BCUT2D eigenvalue weighted by Gasteiger charge is -2.37. The summed E-state index contributed by atoms with van der Waals surface area (Å²) in [7, 11) is -3.84. The standard InChI is InChI=1S/C37H52N8O10S/c1-36(2,51)29-20-40-43-45(29)25-19-28(34(49)42-37(31(46)32(38)47)12-15-54-16-13-37)44(22-25)35(50)27(18-23-6-4-3-5-7-23)41-33(48)24-8-10-26(11-9-24)56(52,53)30-21-39-14-17-55-30/h8-11,20,23,25,27-28,30,39,51H,3-7,12-19,21-22H2,1-2H3,(H2,38,47)(H,41,48)(H,42,49)/t25-,27?,28-,30?/m0/s1. The lowest BCUT2D eigenvalue weighted by molar-refractivity contribution is -0.147. The first-order chi connectivity index (χ1) is 26.6. The van der Waals surface area contributed by atoms with Crippen LogP contribution < -0.4 is 21.7 Å². The Labute approximate surface area is 325 Å². The van der Waals surface area contributed by atoms with E-state index in [0.717, 1.165) is 32.1 Å². The third kappa shape index (κ3) is 8.96. The first-order valence-corrected chi connectivity index (χ1v) is 20.8. The number of primary amides is 1. The molecule has 1 saturated carbocycles. The highest BCUT2D eigenvalue weighted by Crippen LogP contribution is 2.34. The van der Waals surface area contributed by atoms with E-state index in [-0.39, 0.29) is 75.0 Å². The number of sulfone groups is 1. The van der Waals surface area contributed by atoms with Crippen LogP contribution in [0.15, 0.2) is 35.4 Å². The van der Waals surface area contributed by atoms with E-state index in [0.29, 0.717) is 12.2 Å². The van der Waals surface area contributed by atoms with E-state index >= 15 is 0 Å². The molecule has 3 aliphatic heterocycles. The number of hydrogen-bond donors (Lipinski definition) is 5. The number of ether oxygens (including phenoxy) is 2. The molecule has 306 valence electrons. The number of aliphatic hydroxyl groups is 1. The number of nitrogens with one attached hydrogen (secondary N) is 3. The molecule has 3 saturated heterocycles. The van der Waals surface area contributed by atoms with Crippen LogP contribution in [0.5, 0.6) is 0 Å². The summed E-state index contributed by atoms with van der Waals surface area (Å²) in [6.07, 6.45) is 6.42. The number of rotatable bonds is 13. The minimum absolute atomic E-state index is 0.00154. The lowest BCUT2D eigenvalue weighted by atomic mass is 9.84. The molecule has 18 nitrogen and oxygen atoms in total. The lowest BCUT2D eigenvalue weighted by Crippen LogP contribution is -2.64. The van der Waals surface area contributed by atoms with Gasteiger partial charge in [-0.1, -0.05) is 37.3 Å². The number of likely N-dealkylation sites (tertiary alicyclic amines) is 1. The van der Waals surface area contributed by atoms with Crippen molar-refractivity contribution in [3.63, 3.8) is 0 Å². The summed E-state index contributed by atoms with van der Waals surface area (Å²) in [5.41, 5.74) is 1.84. The van der Waals surface area contributed by atoms with Gasteiger partial charge in [0.1, 0.15) is 23.2 Å². The van der Waals surface area contributed by atoms with E-state index in [1.54, 1.807) is 13.8 Å². The summed E-state index contributed by atoms with van der Waals surface area (Å²) in [4.78, 5) is 69.7. The fourth-order valence-corrected chi connectivity index (χ4v) is 9.66. The molecule has 1 aliphatic carbocycles. The van der Waals surface area contributed by atoms with Gasteiger partial charge in [-0.2, -0.15) is 0 Å². The van der Waals surface area contributed by atoms with Crippen molar-refractivity contribution in [1.29, 1.82) is 0 Å². The molecule has 2 unspecified atom stereocenters. The topological polar surface area (TPSA) is 254 Å². The second kappa shape index (κ2) is 17.1. The van der Waals surface area contributed by atoms with Crippen LogP contribution >= 0.6 is 0 Å². The van der Waals surface area contributed by atoms with Crippen molar-refractivity contribution in [2.45, 2.75) is 111 Å². The normalized spacial score (nSPS) is 23.9. The molecule has 19 heteroatoms. The number of Topliss-reactive ketones (excluding diaryl/α,β-unsaturated/α-hetero) is 1. The van der Waals surface area contributed by atoms with Crippen LogP contribution in [0.25, 0.3) is 0 Å². The van der Waals surface area contributed by atoms with Crippen molar-refractivity contribution in [2.75, 3.05) is 39.5 Å². The van der Waals surface area contributed by atoms with E-state index in [4.69, 9.17) is 15.2 Å². The van der Waals surface area contributed by atoms with Gasteiger partial charge in [-0.3, -0.25) is 24.0 Å². The zero-order valence-electron chi connectivity index (χ0n) is 31.8. The number of benzene rings is 1. The fraction of sp³-hybridized carbons (Fsp3) is 0.649. The number of aromatic nitrogens is 3. The molecule has 56 heavy (non-hydrogen) atoms. The van der Waals surface area contributed by atoms with Crippen LogP contribution in [-0.2, 0) is 44.1 Å². The van der Waals surface area contributed by atoms with Crippen LogP contribution in [-0.4, -0.2) is 125 Å². The number of hydrogen-bond acceptors (Lipinski definition) is 13. The Morgan fingerprint density at radius 2 is 1.77 bits per heavy atom. The Balaban J connectivity index is 1.29. The van der Waals surface area contributed by atoms with E-state index < -0.39 is 74.0 Å². The Hall–Kier alpha value is -4.30. The SMILES string of the molecule is CC(C)(O)c1cnnn1[C@H]1C[C@@H](C(=O)NC2(C(=O)C(N)=O)CCOCC2)N(C(=O)C(CC2CCCCC2)NC(=O)c2ccc(S(=O)(=O)C3CNCCO3)cc2)C1. The minimum Gasteiger partial charge on any atom is -0.384 e. The number of carbonyl (C=O) groups is 5. The maximum atomic E-state index is 14.8. The Bertz CT molecular complexity index is 1880. The van der Waals surface area contributed by atoms with Crippen molar-refractivity contribution in [2.24, 2.45) is 11.7 Å². The van der Waals surface area contributed by atoms with Crippen molar-refractivity contribution in [3.8, 4) is 0 Å². The molecule has 4 heterocycles. The monoisotopic (exact) mass is 800 g/mol. The summed E-state index contributed by atoms with van der Waals surface area (Å²) in [6, 6.07) is 2.54. The predicted octanol–water partition coefficient (Wildman–Crippen LogP) is -0.144. The first kappa shape index (κ1) is 41.3. The van der Waals surface area contributed by atoms with Gasteiger partial charge in [-0.25, -0.2) is 13.1 Å². The molecule has 2 aromatic rings. The minimum atomic E-state index is -3.84. The van der Waals surface area contributed by atoms with Gasteiger partial charge in [0.2, 0.25) is 27.4 Å². The summed E-state index contributed by atoms with van der Waals surface area (Å²) in [5.74, 6) is -3.91. The predicted molar refractivity (Wildman–Crippen MR) is 198 cm³/mol. The van der Waals surface area contributed by atoms with E-state index in [1.807, 2.05) is 0 Å². The molecule has 4 amide bonds. The molecule has 4 aliphatic rings. The zero-order chi connectivity index (χ0) is 40.3. The summed E-state index contributed by atoms with van der Waals surface area (Å²) >= 11 is 0. The molecule has 4 fully saturated rings. The fourth-order valence-electron chi connectivity index (χ4n) is 8.23. The number of nitrogens with two attached hydrogens (primary N) is 1. The Kier molecular flexibility index (Phi) is 12.6. The van der Waals surface area contributed by atoms with Crippen molar-refractivity contribution >= 4 is 39.2 Å². The Morgan fingerprint density at radius 3 is 2.39 bits per heavy atom. The summed E-state index contributed by atoms with van der Waals surface area (Å²) in [5, 5.41) is 27.7. The van der Waals surface area contributed by atoms with Crippen molar-refractivity contribution in [3.05, 3.63) is 41.7 Å². The number of amides is 4. The molecule has 0 spiro atoms. The van der Waals surface area contributed by atoms with Gasteiger partial charge in [-0.15, -0.1) is 5.10 Å². The number of nitrogens with zero attached hydrogens (tertiary/aromatic N) is 4. The highest BCUT2D eigenvalue weighted by atomic mass is 32.2. The molecular formula is C37H52N8O10S. The van der Waals surface area contributed by atoms with Crippen LogP contribution in [0.1, 0.15) is 93.7 Å². The van der Waals surface area contributed by atoms with Gasteiger partial charge in [0.15, 0.2) is 5.44 Å². The second-order valence-electron chi connectivity index (χ2n) is 15.7. The molecular weight excluding hydrogens is 749 g/mol. The van der Waals surface area contributed by atoms with Gasteiger partial charge in [0.05, 0.1) is 29.4 Å². The number of ketones is 1. The molecule has 0 bridgehead atoms. The average Bonchev–Trinajstić information content (AvgIpc) is 3.87. The first-order valence-electron chi connectivity index (χ1n) is 19.3. The quantitative estimate of drug-likeness (QED) is 0.166. The molecule has 6 N–H and O–H groups in total. The van der Waals surface area contributed by atoms with E-state index in [2.05, 4.69) is 26.3 Å². The molecule has 1 aromatic heterocycles. The maximum absolute atomic E-state index is 14.8. The highest BCUT2D eigenvalue weighted by Gasteiger charge is 2.49. The summed E-state index contributed by atoms with van der Waals surface area (Å²) in [6.45, 7) is 4.20. The molecule has 4 atom stereocenters. The molecule has 0 radical (unpaired) electrons. The largest absolute Gasteiger partial charge is 0.384 e. The Morgan fingerprint density at radius 1 is 1.07 bits per heavy atom. The highest BCUT2D eigenvalue weighted by molar-refractivity contribution is 7.92. The van der Waals surface area contributed by atoms with Crippen molar-refractivity contribution < 1.29 is 47.0 Å². The van der Waals surface area contributed by atoms with Crippen molar-refractivity contribution in [1.82, 2.24) is 35.8 Å². The number of morpholine rings is 1. The van der Waals surface area contributed by atoms with Gasteiger partial charge >= 0.3 is 0 Å². The molecule has 6 rings (SSSR count). The smallest absolute Gasteiger partial charge is 0.287 e. The van der Waals surface area contributed by atoms with E-state index in [9.17, 15) is 37.5 Å². The number of carbonyl (C=O) groups excluding carboxylic acids is 5. The van der Waals surface area contributed by atoms with E-state index in [1.165, 1.54) is 40.0 Å². The third-order valence-corrected chi connectivity index (χ3v) is 13.3. The summed E-state index contributed by atoms with van der Waals surface area (Å²) < 4.78 is 38.7. The van der Waals surface area contributed by atoms with Gasteiger partial charge in [0, 0.05) is 57.7 Å². The van der Waals surface area contributed by atoms with Gasteiger partial charge < -0.3 is 41.2 Å². The zero-order valence-corrected chi connectivity index (χ0v) is 32.6. The second-order valence-corrected chi connectivity index (χ2v) is 17.8. The maximum Gasteiger partial charge on any atom is 0.287 e. The third-order valence-electron chi connectivity index (χ3n) is 11.4. The van der Waals surface area contributed by atoms with Crippen LogP contribution in [0.4, 0.5) is 0 Å². The van der Waals surface area contributed by atoms with Crippen LogP contribution in [0.2, 0.25) is 0 Å². The van der Waals surface area contributed by atoms with Crippen LogP contribution in [0, 0.1) is 5.92 Å². The average molecular weight is 801 g/mol. The van der Waals surface area contributed by atoms with Gasteiger partial charge in [0.25, 0.3) is 11.8 Å².